The summed E-state index contributed by atoms with van der Waals surface area (Å²) in [5.74, 6) is 1.47. The number of nitrogens with zero attached hydrogens (tertiary/aromatic N) is 5. The maximum atomic E-state index is 13.0. The van der Waals surface area contributed by atoms with Crippen molar-refractivity contribution in [1.82, 2.24) is 24.3 Å². The second-order valence-corrected chi connectivity index (χ2v) is 9.66. The molecule has 3 aliphatic heterocycles. The number of amides is 1. The Kier molecular flexibility index (Phi) is 6.59. The predicted octanol–water partition coefficient (Wildman–Crippen LogP) is 2.91. The smallest absolute Gasteiger partial charge is 0.417 e. The number of piperidine rings is 1. The summed E-state index contributed by atoms with van der Waals surface area (Å²) < 4.78 is 24.2. The topological polar surface area (TPSA) is 108 Å². The van der Waals surface area contributed by atoms with Crippen molar-refractivity contribution in [1.29, 1.82) is 0 Å². The van der Waals surface area contributed by atoms with Crippen LogP contribution >= 0.6 is 0 Å². The summed E-state index contributed by atoms with van der Waals surface area (Å²) >= 11 is 0. The van der Waals surface area contributed by atoms with Gasteiger partial charge in [0.25, 0.3) is 5.56 Å². The number of ether oxygens (including phenoxy) is 4. The number of rotatable bonds is 6. The van der Waals surface area contributed by atoms with E-state index < -0.39 is 6.09 Å². The molecule has 4 aliphatic rings. The van der Waals surface area contributed by atoms with Crippen molar-refractivity contribution in [3.05, 3.63) is 76.7 Å². The molecule has 1 aliphatic carbocycles. The van der Waals surface area contributed by atoms with Gasteiger partial charge in [0.2, 0.25) is 11.8 Å². The standard InChI is InChI=1S/C27H29N5O6/c1-35-23-13-28-20-7-8-24(33)31(26(20)29-23)12-11-30-10-9-19-14-32(27(34)38-21(19)15-30)25-17-36-16-22(37-25)18-5-3-2-4-6-18/h2-3,5,7-8,13,16-17,19,21H,4,6,9-12,14-15H2,1H3/t19-,21+/m0/s1. The molecule has 0 radical (unpaired) electrons. The van der Waals surface area contributed by atoms with Crippen LogP contribution in [-0.4, -0.2) is 69.8 Å². The molecule has 2 atom stereocenters. The molecule has 38 heavy (non-hydrogen) atoms. The highest BCUT2D eigenvalue weighted by molar-refractivity contribution is 5.71. The maximum Gasteiger partial charge on any atom is 0.417 e. The van der Waals surface area contributed by atoms with E-state index in [1.165, 1.54) is 30.5 Å². The van der Waals surface area contributed by atoms with Gasteiger partial charge >= 0.3 is 6.09 Å². The molecule has 2 aromatic heterocycles. The van der Waals surface area contributed by atoms with Crippen LogP contribution in [0.2, 0.25) is 0 Å². The van der Waals surface area contributed by atoms with E-state index >= 15 is 0 Å². The molecule has 0 aromatic carbocycles. The number of methoxy groups -OCH3 is 1. The highest BCUT2D eigenvalue weighted by Gasteiger charge is 2.41. The van der Waals surface area contributed by atoms with E-state index in [-0.39, 0.29) is 17.6 Å². The average molecular weight is 520 g/mol. The molecule has 2 saturated heterocycles. The molecule has 0 N–H and O–H groups in total. The molecule has 11 heteroatoms. The van der Waals surface area contributed by atoms with Crippen molar-refractivity contribution in [3.8, 4) is 5.88 Å². The fraction of sp³-hybridized carbons (Fsp3) is 0.407. The van der Waals surface area contributed by atoms with Gasteiger partial charge < -0.3 is 18.9 Å². The fourth-order valence-corrected chi connectivity index (χ4v) is 5.23. The molecule has 0 bridgehead atoms. The molecule has 6 rings (SSSR count). The van der Waals surface area contributed by atoms with Gasteiger partial charge in [-0.25, -0.2) is 14.7 Å². The Morgan fingerprint density at radius 1 is 1.16 bits per heavy atom. The van der Waals surface area contributed by atoms with Crippen LogP contribution in [0.15, 0.2) is 71.1 Å². The Morgan fingerprint density at radius 2 is 2.08 bits per heavy atom. The van der Waals surface area contributed by atoms with Gasteiger partial charge in [-0.1, -0.05) is 18.2 Å². The third kappa shape index (κ3) is 4.76. The molecule has 198 valence electrons. The second kappa shape index (κ2) is 10.3. The Morgan fingerprint density at radius 3 is 2.92 bits per heavy atom. The van der Waals surface area contributed by atoms with Crippen LogP contribution in [-0.2, 0) is 20.8 Å². The summed E-state index contributed by atoms with van der Waals surface area (Å²) in [7, 11) is 1.52. The van der Waals surface area contributed by atoms with Crippen LogP contribution in [0.3, 0.4) is 0 Å². The number of aromatic nitrogens is 3. The van der Waals surface area contributed by atoms with Crippen LogP contribution in [0, 0.1) is 5.92 Å². The van der Waals surface area contributed by atoms with Crippen LogP contribution in [0.25, 0.3) is 11.2 Å². The van der Waals surface area contributed by atoms with Gasteiger partial charge in [0, 0.05) is 38.2 Å². The third-order valence-electron chi connectivity index (χ3n) is 7.34. The minimum Gasteiger partial charge on any atom is -0.480 e. The lowest BCUT2D eigenvalue weighted by Gasteiger charge is -2.44. The maximum absolute atomic E-state index is 13.0. The summed E-state index contributed by atoms with van der Waals surface area (Å²) in [5, 5.41) is 0. The lowest BCUT2D eigenvalue weighted by atomic mass is 9.92. The lowest BCUT2D eigenvalue weighted by molar-refractivity contribution is -0.0559. The molecule has 0 saturated carbocycles. The van der Waals surface area contributed by atoms with Crippen LogP contribution in [0.5, 0.6) is 5.88 Å². The summed E-state index contributed by atoms with van der Waals surface area (Å²) in [4.78, 5) is 38.1. The van der Waals surface area contributed by atoms with Crippen LogP contribution in [0.4, 0.5) is 4.79 Å². The normalized spacial score (nSPS) is 23.4. The monoisotopic (exact) mass is 519 g/mol. The average Bonchev–Trinajstić information content (AvgIpc) is 2.96. The molecule has 11 nitrogen and oxygen atoms in total. The summed E-state index contributed by atoms with van der Waals surface area (Å²) in [6.07, 6.45) is 12.6. The van der Waals surface area contributed by atoms with Gasteiger partial charge in [-0.05, 0) is 37.4 Å². The van der Waals surface area contributed by atoms with Crippen molar-refractivity contribution in [3.63, 3.8) is 0 Å². The van der Waals surface area contributed by atoms with E-state index in [9.17, 15) is 9.59 Å². The molecule has 2 fully saturated rings. The van der Waals surface area contributed by atoms with Gasteiger partial charge in [0.15, 0.2) is 17.7 Å². The SMILES string of the molecule is COc1cnc2ccc(=O)n(CCN3CC[C@H]4CN(C5=COC=C(C6=CC=CCC6)O5)C(=O)O[C@@H]4C3)c2n1. The first-order valence-corrected chi connectivity index (χ1v) is 12.8. The first kappa shape index (κ1) is 24.2. The van der Waals surface area contributed by atoms with Crippen molar-refractivity contribution in [2.75, 3.05) is 33.3 Å². The second-order valence-electron chi connectivity index (χ2n) is 9.66. The number of carbonyl (C=O) groups is 1. The third-order valence-corrected chi connectivity index (χ3v) is 7.34. The molecule has 0 spiro atoms. The number of likely N-dealkylation sites (tertiary alicyclic amines) is 1. The van der Waals surface area contributed by atoms with Crippen molar-refractivity contribution < 1.29 is 23.7 Å². The zero-order valence-electron chi connectivity index (χ0n) is 21.1. The lowest BCUT2D eigenvalue weighted by Crippen LogP contribution is -2.55. The Balaban J connectivity index is 1.08. The van der Waals surface area contributed by atoms with Gasteiger partial charge in [-0.3, -0.25) is 14.3 Å². The highest BCUT2D eigenvalue weighted by atomic mass is 16.6. The Labute approximate surface area is 219 Å². The van der Waals surface area contributed by atoms with E-state index in [0.29, 0.717) is 54.9 Å². The number of allylic oxidation sites excluding steroid dienone is 4. The minimum atomic E-state index is -0.450. The van der Waals surface area contributed by atoms with Crippen molar-refractivity contribution in [2.45, 2.75) is 31.9 Å². The molecule has 5 heterocycles. The Hall–Kier alpha value is -4.12. The number of hydrogen-bond acceptors (Lipinski definition) is 9. The van der Waals surface area contributed by atoms with Crippen molar-refractivity contribution >= 4 is 17.3 Å². The van der Waals surface area contributed by atoms with E-state index in [4.69, 9.17) is 18.9 Å². The van der Waals surface area contributed by atoms with Crippen molar-refractivity contribution in [2.24, 2.45) is 5.92 Å². The number of fused-ring (bicyclic) bond motifs is 2. The largest absolute Gasteiger partial charge is 0.480 e. The zero-order valence-corrected chi connectivity index (χ0v) is 21.1. The van der Waals surface area contributed by atoms with Gasteiger partial charge in [-0.15, -0.1) is 0 Å². The molecular weight excluding hydrogens is 490 g/mol. The number of hydrogen-bond donors (Lipinski definition) is 0. The summed E-state index contributed by atoms with van der Waals surface area (Å²) in [5.41, 5.74) is 2.00. The predicted molar refractivity (Wildman–Crippen MR) is 137 cm³/mol. The minimum absolute atomic E-state index is 0.147. The van der Waals surface area contributed by atoms with Crippen LogP contribution < -0.4 is 10.3 Å². The summed E-state index contributed by atoms with van der Waals surface area (Å²) in [6, 6.07) is 3.17. The first-order chi connectivity index (χ1) is 18.6. The molecule has 1 amide bonds. The van der Waals surface area contributed by atoms with E-state index in [1.54, 1.807) is 16.9 Å². The molecule has 0 unspecified atom stereocenters. The highest BCUT2D eigenvalue weighted by Crippen LogP contribution is 2.32. The Bertz CT molecular complexity index is 1430. The molecule has 2 aromatic rings. The van der Waals surface area contributed by atoms with Gasteiger partial charge in [0.05, 0.1) is 13.3 Å². The zero-order chi connectivity index (χ0) is 26.1. The number of carbonyl (C=O) groups excluding carboxylic acids is 1. The van der Waals surface area contributed by atoms with Gasteiger partial charge in [0.1, 0.15) is 17.9 Å². The summed E-state index contributed by atoms with van der Waals surface area (Å²) in [6.45, 7) is 2.97. The fourth-order valence-electron chi connectivity index (χ4n) is 5.23. The van der Waals surface area contributed by atoms with Crippen LogP contribution in [0.1, 0.15) is 19.3 Å². The first-order valence-electron chi connectivity index (χ1n) is 12.8. The molecular formula is C27H29N5O6. The van der Waals surface area contributed by atoms with Gasteiger partial charge in [-0.2, -0.15) is 4.98 Å². The van der Waals surface area contributed by atoms with E-state index in [1.807, 2.05) is 12.2 Å². The van der Waals surface area contributed by atoms with E-state index in [2.05, 4.69) is 20.9 Å². The quantitative estimate of drug-likeness (QED) is 0.569. The number of pyridine rings is 1. The van der Waals surface area contributed by atoms with E-state index in [0.717, 1.165) is 31.4 Å².